The first-order valence-corrected chi connectivity index (χ1v) is 12.2. The zero-order valence-electron chi connectivity index (χ0n) is 20.8. The third kappa shape index (κ3) is 5.56. The molecule has 1 N–H and O–H groups in total. The van der Waals surface area contributed by atoms with Gasteiger partial charge in [0, 0.05) is 44.8 Å². The molecule has 0 bridgehead atoms. The van der Waals surface area contributed by atoms with Gasteiger partial charge in [-0.2, -0.15) is 0 Å². The summed E-state index contributed by atoms with van der Waals surface area (Å²) < 4.78 is 22.1. The van der Waals surface area contributed by atoms with Crippen molar-refractivity contribution in [1.29, 1.82) is 0 Å². The van der Waals surface area contributed by atoms with E-state index in [1.165, 1.54) is 17.2 Å². The molecule has 2 fully saturated rings. The summed E-state index contributed by atoms with van der Waals surface area (Å²) in [6.07, 6.45) is 3.80. The highest BCUT2D eigenvalue weighted by Gasteiger charge is 2.33. The summed E-state index contributed by atoms with van der Waals surface area (Å²) in [5.41, 5.74) is 1.95. The van der Waals surface area contributed by atoms with Gasteiger partial charge in [-0.25, -0.2) is 13.9 Å². The van der Waals surface area contributed by atoms with E-state index in [0.29, 0.717) is 49.7 Å². The second-order valence-electron chi connectivity index (χ2n) is 9.13. The predicted molar refractivity (Wildman–Crippen MR) is 134 cm³/mol. The maximum Gasteiger partial charge on any atom is 0.414 e. The molecule has 0 saturated carbocycles. The van der Waals surface area contributed by atoms with Crippen LogP contribution in [0.3, 0.4) is 0 Å². The SMILES string of the molecule is Cc1cn(C[C@H]2CN(c3ccc(N4CCN(C(=O)CNC(=O)c5cccnc5)CC4)c(F)c3)C(=O)O2)nn1. The summed E-state index contributed by atoms with van der Waals surface area (Å²) in [5, 5.41) is 10.5. The fraction of sp³-hybridized carbons (Fsp3) is 0.360. The molecule has 2 aliphatic rings. The molecule has 2 saturated heterocycles. The summed E-state index contributed by atoms with van der Waals surface area (Å²) in [4.78, 5) is 45.9. The van der Waals surface area contributed by atoms with E-state index < -0.39 is 18.0 Å². The number of ether oxygens (including phenoxy) is 1. The number of hydrogen-bond donors (Lipinski definition) is 1. The molecule has 2 aliphatic heterocycles. The van der Waals surface area contributed by atoms with Crippen LogP contribution < -0.4 is 15.1 Å². The number of halogens is 1. The second-order valence-corrected chi connectivity index (χ2v) is 9.13. The normalized spacial score (nSPS) is 17.5. The van der Waals surface area contributed by atoms with E-state index in [9.17, 15) is 14.4 Å². The van der Waals surface area contributed by atoms with Crippen LogP contribution in [0.15, 0.2) is 48.9 Å². The molecule has 1 aromatic carbocycles. The lowest BCUT2D eigenvalue weighted by atomic mass is 10.2. The molecule has 13 heteroatoms. The molecular weight excluding hydrogens is 495 g/mol. The summed E-state index contributed by atoms with van der Waals surface area (Å²) in [5.74, 6) is -1.04. The zero-order chi connectivity index (χ0) is 26.6. The molecule has 0 radical (unpaired) electrons. The number of pyridine rings is 1. The smallest absolute Gasteiger partial charge is 0.414 e. The molecule has 0 unspecified atom stereocenters. The van der Waals surface area contributed by atoms with Gasteiger partial charge in [-0.05, 0) is 37.3 Å². The Labute approximate surface area is 218 Å². The van der Waals surface area contributed by atoms with E-state index >= 15 is 4.39 Å². The van der Waals surface area contributed by atoms with Crippen molar-refractivity contribution in [1.82, 2.24) is 30.2 Å². The van der Waals surface area contributed by atoms with Crippen LogP contribution in [0.4, 0.5) is 20.6 Å². The lowest BCUT2D eigenvalue weighted by Crippen LogP contribution is -2.51. The molecule has 3 aromatic rings. The second kappa shape index (κ2) is 10.8. The Bertz CT molecular complexity index is 1330. The molecule has 4 heterocycles. The topological polar surface area (TPSA) is 126 Å². The van der Waals surface area contributed by atoms with E-state index in [4.69, 9.17) is 4.74 Å². The van der Waals surface area contributed by atoms with Gasteiger partial charge in [-0.15, -0.1) is 5.10 Å². The highest BCUT2D eigenvalue weighted by atomic mass is 19.1. The number of aryl methyl sites for hydroxylation is 1. The summed E-state index contributed by atoms with van der Waals surface area (Å²) in [6.45, 7) is 3.99. The van der Waals surface area contributed by atoms with Crippen molar-refractivity contribution in [3.05, 3.63) is 66.0 Å². The number of nitrogens with one attached hydrogen (secondary N) is 1. The number of cyclic esters (lactones) is 1. The molecule has 0 spiro atoms. The van der Waals surface area contributed by atoms with E-state index in [-0.39, 0.29) is 24.9 Å². The fourth-order valence-electron chi connectivity index (χ4n) is 4.50. The number of rotatable bonds is 7. The van der Waals surface area contributed by atoms with Crippen molar-refractivity contribution in [3.8, 4) is 0 Å². The first-order chi connectivity index (χ1) is 18.4. The van der Waals surface area contributed by atoms with Gasteiger partial charge < -0.3 is 19.9 Å². The number of piperazine rings is 1. The summed E-state index contributed by atoms with van der Waals surface area (Å²) in [7, 11) is 0. The Hall–Kier alpha value is -4.55. The van der Waals surface area contributed by atoms with Crippen molar-refractivity contribution in [2.75, 3.05) is 49.1 Å². The minimum Gasteiger partial charge on any atom is -0.442 e. The molecule has 1 atom stereocenters. The lowest BCUT2D eigenvalue weighted by molar-refractivity contribution is -0.130. The van der Waals surface area contributed by atoms with Gasteiger partial charge in [0.05, 0.1) is 42.3 Å². The number of benzene rings is 1. The lowest BCUT2D eigenvalue weighted by Gasteiger charge is -2.36. The van der Waals surface area contributed by atoms with Gasteiger partial charge in [0.15, 0.2) is 0 Å². The van der Waals surface area contributed by atoms with Crippen molar-refractivity contribution < 1.29 is 23.5 Å². The van der Waals surface area contributed by atoms with Crippen molar-refractivity contribution in [2.24, 2.45) is 0 Å². The van der Waals surface area contributed by atoms with Gasteiger partial charge in [0.2, 0.25) is 5.91 Å². The van der Waals surface area contributed by atoms with E-state index in [1.807, 2.05) is 11.8 Å². The van der Waals surface area contributed by atoms with Crippen LogP contribution in [-0.4, -0.2) is 88.2 Å². The van der Waals surface area contributed by atoms with Crippen LogP contribution in [-0.2, 0) is 16.1 Å². The van der Waals surface area contributed by atoms with Gasteiger partial charge in [-0.1, -0.05) is 5.21 Å². The average Bonchev–Trinajstić information content (AvgIpc) is 3.51. The molecule has 3 amide bonds. The van der Waals surface area contributed by atoms with Crippen molar-refractivity contribution >= 4 is 29.3 Å². The Morgan fingerprint density at radius 1 is 1.18 bits per heavy atom. The third-order valence-electron chi connectivity index (χ3n) is 6.46. The highest BCUT2D eigenvalue weighted by molar-refractivity contribution is 5.96. The standard InChI is InChI=1S/C25H27FN8O4/c1-17-14-33(30-29-17)15-20-16-34(25(37)38-20)19-4-5-22(21(26)11-19)31-7-9-32(10-8-31)23(35)13-28-24(36)18-3-2-6-27-12-18/h2-6,11-12,14,20H,7-10,13,15-16H2,1H3,(H,28,36)/t20-/m0/s1. The maximum absolute atomic E-state index is 15.1. The molecule has 198 valence electrons. The Morgan fingerprint density at radius 3 is 2.68 bits per heavy atom. The minimum atomic E-state index is -0.540. The van der Waals surface area contributed by atoms with Crippen LogP contribution in [0, 0.1) is 12.7 Å². The van der Waals surface area contributed by atoms with Crippen LogP contribution >= 0.6 is 0 Å². The Morgan fingerprint density at radius 2 is 2.00 bits per heavy atom. The van der Waals surface area contributed by atoms with Gasteiger partial charge >= 0.3 is 6.09 Å². The van der Waals surface area contributed by atoms with E-state index in [2.05, 4.69) is 20.6 Å². The van der Waals surface area contributed by atoms with Gasteiger partial charge in [-0.3, -0.25) is 19.5 Å². The van der Waals surface area contributed by atoms with Gasteiger partial charge in [0.1, 0.15) is 11.9 Å². The van der Waals surface area contributed by atoms with Crippen LogP contribution in [0.2, 0.25) is 0 Å². The number of aromatic nitrogens is 4. The van der Waals surface area contributed by atoms with E-state index in [0.717, 1.165) is 5.69 Å². The fourth-order valence-corrected chi connectivity index (χ4v) is 4.50. The molecule has 5 rings (SSSR count). The predicted octanol–water partition coefficient (Wildman–Crippen LogP) is 1.22. The average molecular weight is 523 g/mol. The first-order valence-electron chi connectivity index (χ1n) is 12.2. The minimum absolute atomic E-state index is 0.125. The zero-order valence-corrected chi connectivity index (χ0v) is 20.8. The highest BCUT2D eigenvalue weighted by Crippen LogP contribution is 2.29. The molecule has 38 heavy (non-hydrogen) atoms. The first kappa shape index (κ1) is 25.1. The van der Waals surface area contributed by atoms with Crippen molar-refractivity contribution in [3.63, 3.8) is 0 Å². The molecular formula is C25H27FN8O4. The number of anilines is 2. The van der Waals surface area contributed by atoms with E-state index in [1.54, 1.807) is 46.2 Å². The van der Waals surface area contributed by atoms with Crippen LogP contribution in [0.1, 0.15) is 16.1 Å². The summed E-state index contributed by atoms with van der Waals surface area (Å²) in [6, 6.07) is 7.92. The Kier molecular flexibility index (Phi) is 7.15. The van der Waals surface area contributed by atoms with Crippen molar-refractivity contribution in [2.45, 2.75) is 19.6 Å². The van der Waals surface area contributed by atoms with Crippen LogP contribution in [0.25, 0.3) is 0 Å². The number of carbonyl (C=O) groups is 3. The quantitative estimate of drug-likeness (QED) is 0.491. The molecule has 0 aliphatic carbocycles. The molecule has 2 aromatic heterocycles. The number of amides is 3. The number of nitrogens with zero attached hydrogens (tertiary/aromatic N) is 7. The number of hydrogen-bond acceptors (Lipinski definition) is 8. The summed E-state index contributed by atoms with van der Waals surface area (Å²) >= 11 is 0. The monoisotopic (exact) mass is 522 g/mol. The molecule has 12 nitrogen and oxygen atoms in total. The largest absolute Gasteiger partial charge is 0.442 e. The van der Waals surface area contributed by atoms with Gasteiger partial charge in [0.25, 0.3) is 5.91 Å². The number of carbonyl (C=O) groups excluding carboxylic acids is 3. The third-order valence-corrected chi connectivity index (χ3v) is 6.46. The van der Waals surface area contributed by atoms with Crippen LogP contribution in [0.5, 0.6) is 0 Å². The Balaban J connectivity index is 1.13. The maximum atomic E-state index is 15.1.